The Kier molecular flexibility index (Phi) is 4.02. The molecule has 4 nitrogen and oxygen atoms in total. The van der Waals surface area contributed by atoms with E-state index in [1.807, 2.05) is 26.0 Å². The van der Waals surface area contributed by atoms with Gasteiger partial charge in [-0.3, -0.25) is 4.79 Å². The minimum atomic E-state index is -0.978. The summed E-state index contributed by atoms with van der Waals surface area (Å²) in [5, 5.41) is 9.76. The largest absolute Gasteiger partial charge is 0.480 e. The van der Waals surface area contributed by atoms with Gasteiger partial charge >= 0.3 is 5.97 Å². The van der Waals surface area contributed by atoms with Gasteiger partial charge in [-0.25, -0.2) is 4.79 Å². The second-order valence-corrected chi connectivity index (χ2v) is 7.46. The Morgan fingerprint density at radius 2 is 1.85 bits per heavy atom. The molecule has 1 aromatic carbocycles. The van der Waals surface area contributed by atoms with Gasteiger partial charge < -0.3 is 10.0 Å². The lowest BCUT2D eigenvalue weighted by Gasteiger charge is -2.28. The number of nitrogens with zero attached hydrogens (tertiary/aromatic N) is 1. The van der Waals surface area contributed by atoms with Crippen LogP contribution < -0.4 is 0 Å². The molecule has 0 unspecified atom stereocenters. The maximum absolute atomic E-state index is 11.9. The Labute approximate surface area is 127 Å². The molecule has 1 aliphatic rings. The summed E-state index contributed by atoms with van der Waals surface area (Å²) in [6.07, 6.45) is 0. The number of halogens is 1. The summed E-state index contributed by atoms with van der Waals surface area (Å²) >= 11 is 7.35. The number of amides is 1. The van der Waals surface area contributed by atoms with Crippen LogP contribution in [0.2, 0.25) is 5.02 Å². The number of carbonyl (C=O) groups is 2. The summed E-state index contributed by atoms with van der Waals surface area (Å²) in [4.78, 5) is 24.9. The fourth-order valence-corrected chi connectivity index (χ4v) is 4.22. The summed E-state index contributed by atoms with van der Waals surface area (Å²) in [5.41, 5.74) is 0.881. The van der Waals surface area contributed by atoms with E-state index < -0.39 is 16.8 Å². The fourth-order valence-electron chi connectivity index (χ4n) is 2.50. The van der Waals surface area contributed by atoms with E-state index in [2.05, 4.69) is 0 Å². The van der Waals surface area contributed by atoms with Crippen molar-refractivity contribution >= 4 is 35.2 Å². The Morgan fingerprint density at radius 1 is 1.30 bits per heavy atom. The van der Waals surface area contributed by atoms with Gasteiger partial charge in [0.2, 0.25) is 5.91 Å². The van der Waals surface area contributed by atoms with Crippen molar-refractivity contribution in [2.75, 3.05) is 0 Å². The van der Waals surface area contributed by atoms with Crippen molar-refractivity contribution in [1.82, 2.24) is 4.90 Å². The number of aliphatic carboxylic acids is 1. The molecule has 1 aromatic rings. The molecule has 0 spiro atoms. The summed E-state index contributed by atoms with van der Waals surface area (Å²) in [6, 6.07) is 6.31. The lowest BCUT2D eigenvalue weighted by Crippen LogP contribution is -2.48. The van der Waals surface area contributed by atoms with Crippen LogP contribution in [0, 0.1) is 0 Å². The predicted molar refractivity (Wildman–Crippen MR) is 79.8 cm³/mol. The molecule has 20 heavy (non-hydrogen) atoms. The minimum Gasteiger partial charge on any atom is -0.480 e. The zero-order valence-corrected chi connectivity index (χ0v) is 13.0. The molecule has 2 atom stereocenters. The molecule has 0 bridgehead atoms. The van der Waals surface area contributed by atoms with Gasteiger partial charge in [0.15, 0.2) is 0 Å². The van der Waals surface area contributed by atoms with Crippen LogP contribution in [0.5, 0.6) is 0 Å². The van der Waals surface area contributed by atoms with Crippen molar-refractivity contribution in [2.24, 2.45) is 0 Å². The minimum absolute atomic E-state index is 0.240. The van der Waals surface area contributed by atoms with Gasteiger partial charge in [-0.05, 0) is 31.5 Å². The maximum atomic E-state index is 11.9. The van der Waals surface area contributed by atoms with Crippen molar-refractivity contribution < 1.29 is 14.7 Å². The maximum Gasteiger partial charge on any atom is 0.327 e. The molecule has 1 aliphatic heterocycles. The summed E-state index contributed by atoms with van der Waals surface area (Å²) in [6.45, 7) is 5.10. The van der Waals surface area contributed by atoms with E-state index in [0.717, 1.165) is 5.56 Å². The number of benzene rings is 1. The quantitative estimate of drug-likeness (QED) is 0.911. The molecule has 108 valence electrons. The Hall–Kier alpha value is -1.20. The first-order valence-corrected chi connectivity index (χ1v) is 7.45. The second-order valence-electron chi connectivity index (χ2n) is 5.29. The van der Waals surface area contributed by atoms with Crippen molar-refractivity contribution in [3.63, 3.8) is 0 Å². The van der Waals surface area contributed by atoms with E-state index in [0.29, 0.717) is 5.02 Å². The van der Waals surface area contributed by atoms with E-state index in [1.54, 1.807) is 12.1 Å². The van der Waals surface area contributed by atoms with Gasteiger partial charge in [-0.15, -0.1) is 11.8 Å². The average molecular weight is 314 g/mol. The van der Waals surface area contributed by atoms with Gasteiger partial charge in [-0.2, -0.15) is 0 Å². The van der Waals surface area contributed by atoms with Gasteiger partial charge in [0, 0.05) is 16.7 Å². The van der Waals surface area contributed by atoms with Crippen LogP contribution in [0.1, 0.15) is 31.7 Å². The van der Waals surface area contributed by atoms with Gasteiger partial charge in [0.1, 0.15) is 11.4 Å². The highest BCUT2D eigenvalue weighted by molar-refractivity contribution is 8.01. The monoisotopic (exact) mass is 313 g/mol. The summed E-state index contributed by atoms with van der Waals surface area (Å²) < 4.78 is -0.554. The number of rotatable bonds is 2. The molecule has 1 fully saturated rings. The van der Waals surface area contributed by atoms with Gasteiger partial charge in [0.05, 0.1) is 0 Å². The first-order chi connectivity index (χ1) is 9.24. The Bertz CT molecular complexity index is 544. The highest BCUT2D eigenvalue weighted by Gasteiger charge is 2.52. The van der Waals surface area contributed by atoms with E-state index in [9.17, 15) is 14.7 Å². The van der Waals surface area contributed by atoms with E-state index in [4.69, 9.17) is 11.6 Å². The van der Waals surface area contributed by atoms with Crippen LogP contribution in [0.15, 0.2) is 24.3 Å². The van der Waals surface area contributed by atoms with Crippen molar-refractivity contribution in [2.45, 2.75) is 36.9 Å². The first-order valence-electron chi connectivity index (χ1n) is 6.19. The molecular weight excluding hydrogens is 298 g/mol. The molecular formula is C14H16ClNO3S. The SMILES string of the molecule is CC(=O)N1[C@@H](C(=O)O)C(C)(C)S[C@H]1c1ccc(Cl)cc1. The number of hydrogen-bond donors (Lipinski definition) is 1. The van der Waals surface area contributed by atoms with Crippen LogP contribution in [0.3, 0.4) is 0 Å². The molecule has 0 saturated carbocycles. The average Bonchev–Trinajstić information content (AvgIpc) is 2.62. The van der Waals surface area contributed by atoms with Gasteiger partial charge in [0.25, 0.3) is 0 Å². The zero-order chi connectivity index (χ0) is 15.1. The Morgan fingerprint density at radius 3 is 2.30 bits per heavy atom. The molecule has 1 saturated heterocycles. The van der Waals surface area contributed by atoms with E-state index in [-0.39, 0.29) is 11.3 Å². The molecule has 1 heterocycles. The molecule has 2 rings (SSSR count). The fraction of sp³-hybridized carbons (Fsp3) is 0.429. The predicted octanol–water partition coefficient (Wildman–Crippen LogP) is 3.17. The highest BCUT2D eigenvalue weighted by atomic mass is 35.5. The molecule has 1 amide bonds. The lowest BCUT2D eigenvalue weighted by atomic mass is 10.0. The van der Waals surface area contributed by atoms with E-state index >= 15 is 0 Å². The number of hydrogen-bond acceptors (Lipinski definition) is 3. The van der Waals surface area contributed by atoms with Crippen molar-refractivity contribution in [3.05, 3.63) is 34.9 Å². The second kappa shape index (κ2) is 5.30. The molecule has 0 radical (unpaired) electrons. The molecule has 0 aliphatic carbocycles. The third kappa shape index (κ3) is 2.65. The van der Waals surface area contributed by atoms with Crippen LogP contribution >= 0.6 is 23.4 Å². The third-order valence-electron chi connectivity index (χ3n) is 3.36. The number of carboxylic acid groups (broad SMARTS) is 1. The number of thioether (sulfide) groups is 1. The molecule has 1 N–H and O–H groups in total. The number of carbonyl (C=O) groups excluding carboxylic acids is 1. The topological polar surface area (TPSA) is 57.6 Å². The van der Waals surface area contributed by atoms with Crippen molar-refractivity contribution in [3.8, 4) is 0 Å². The smallest absolute Gasteiger partial charge is 0.327 e. The standard InChI is InChI=1S/C14H16ClNO3S/c1-8(17)16-11(13(18)19)14(2,3)20-12(16)9-4-6-10(15)7-5-9/h4-7,11-12H,1-3H3,(H,18,19)/t11-,12-/m0/s1. The molecule has 0 aromatic heterocycles. The van der Waals surface area contributed by atoms with E-state index in [1.165, 1.54) is 23.6 Å². The molecule has 6 heteroatoms. The van der Waals surface area contributed by atoms with Crippen LogP contribution in [-0.4, -0.2) is 32.7 Å². The first kappa shape index (κ1) is 15.2. The zero-order valence-electron chi connectivity index (χ0n) is 11.5. The summed E-state index contributed by atoms with van der Waals surface area (Å²) in [5.74, 6) is -1.22. The normalized spacial score (nSPS) is 24.7. The Balaban J connectivity index is 2.45. The van der Waals surface area contributed by atoms with Gasteiger partial charge in [-0.1, -0.05) is 23.7 Å². The summed E-state index contributed by atoms with van der Waals surface area (Å²) in [7, 11) is 0. The highest BCUT2D eigenvalue weighted by Crippen LogP contribution is 2.52. The van der Waals surface area contributed by atoms with Crippen molar-refractivity contribution in [1.29, 1.82) is 0 Å². The number of carboxylic acids is 1. The lowest BCUT2D eigenvalue weighted by molar-refractivity contribution is -0.150. The van der Waals surface area contributed by atoms with Crippen LogP contribution in [-0.2, 0) is 9.59 Å². The van der Waals surface area contributed by atoms with Crippen LogP contribution in [0.4, 0.5) is 0 Å². The van der Waals surface area contributed by atoms with Crippen LogP contribution in [0.25, 0.3) is 0 Å². The third-order valence-corrected chi connectivity index (χ3v) is 5.16.